The maximum Gasteiger partial charge on any atom is 0.406 e. The molecule has 0 unspecified atom stereocenters. The molecule has 2 aromatic carbocycles. The Hall–Kier alpha value is -3.60. The number of benzene rings is 2. The Labute approximate surface area is 171 Å². The number of alkyl halides is 3. The number of rotatable bonds is 6. The number of halogens is 3. The fourth-order valence-corrected chi connectivity index (χ4v) is 2.91. The van der Waals surface area contributed by atoms with Crippen molar-refractivity contribution in [2.45, 2.75) is 26.1 Å². The number of amides is 1. The Morgan fingerprint density at radius 1 is 1.13 bits per heavy atom. The summed E-state index contributed by atoms with van der Waals surface area (Å²) >= 11 is 0. The van der Waals surface area contributed by atoms with Crippen molar-refractivity contribution in [3.8, 4) is 17.5 Å². The summed E-state index contributed by atoms with van der Waals surface area (Å²) in [6.07, 6.45) is -4.86. The molecule has 1 aromatic heterocycles. The molecule has 0 bridgehead atoms. The summed E-state index contributed by atoms with van der Waals surface area (Å²) in [6.45, 7) is 0.0114. The number of aryl methyl sites for hydroxylation is 1. The van der Waals surface area contributed by atoms with Gasteiger partial charge in [-0.05, 0) is 36.8 Å². The van der Waals surface area contributed by atoms with Gasteiger partial charge in [0.1, 0.15) is 12.3 Å². The van der Waals surface area contributed by atoms with Gasteiger partial charge in [-0.25, -0.2) is 4.98 Å². The first-order valence-electron chi connectivity index (χ1n) is 9.10. The molecule has 154 valence electrons. The molecule has 0 saturated heterocycles. The molecule has 0 atom stereocenters. The van der Waals surface area contributed by atoms with Crippen LogP contribution in [0.1, 0.15) is 22.6 Å². The zero-order chi connectivity index (χ0) is 21.7. The molecule has 0 spiro atoms. The third-order valence-corrected chi connectivity index (χ3v) is 4.41. The van der Waals surface area contributed by atoms with Crippen LogP contribution in [0.25, 0.3) is 11.5 Å². The molecule has 0 aliphatic carbocycles. The van der Waals surface area contributed by atoms with Gasteiger partial charge in [-0.2, -0.15) is 18.4 Å². The van der Waals surface area contributed by atoms with E-state index < -0.39 is 18.6 Å². The SMILES string of the molecule is Cc1oc(-c2ccccc2)nc1CC(=O)N(Cc1ccc(C#N)cc1)CC(F)(F)F. The molecule has 0 saturated carbocycles. The van der Waals surface area contributed by atoms with E-state index in [1.165, 1.54) is 24.3 Å². The molecule has 0 aliphatic rings. The monoisotopic (exact) mass is 413 g/mol. The number of hydrogen-bond donors (Lipinski definition) is 0. The van der Waals surface area contributed by atoms with Crippen LogP contribution in [-0.2, 0) is 17.8 Å². The Balaban J connectivity index is 1.79. The van der Waals surface area contributed by atoms with Crippen LogP contribution in [0.2, 0.25) is 0 Å². The second kappa shape index (κ2) is 8.82. The minimum absolute atomic E-state index is 0.230. The summed E-state index contributed by atoms with van der Waals surface area (Å²) in [7, 11) is 0. The van der Waals surface area contributed by atoms with Crippen molar-refractivity contribution < 1.29 is 22.4 Å². The molecule has 3 aromatic rings. The van der Waals surface area contributed by atoms with Gasteiger partial charge in [-0.3, -0.25) is 4.79 Å². The molecule has 1 heterocycles. The number of oxazole rings is 1. The molecule has 0 aliphatic heterocycles. The van der Waals surface area contributed by atoms with E-state index in [0.717, 1.165) is 4.90 Å². The van der Waals surface area contributed by atoms with Crippen molar-refractivity contribution in [1.82, 2.24) is 9.88 Å². The predicted octanol–water partition coefficient (Wildman–Crippen LogP) is 4.66. The van der Waals surface area contributed by atoms with Crippen LogP contribution in [0.4, 0.5) is 13.2 Å². The van der Waals surface area contributed by atoms with Gasteiger partial charge in [0.2, 0.25) is 11.8 Å². The number of nitriles is 1. The minimum Gasteiger partial charge on any atom is -0.441 e. The van der Waals surface area contributed by atoms with Gasteiger partial charge in [-0.1, -0.05) is 30.3 Å². The molecular formula is C22H18F3N3O2. The lowest BCUT2D eigenvalue weighted by Crippen LogP contribution is -2.39. The first kappa shape index (κ1) is 21.1. The molecule has 3 rings (SSSR count). The van der Waals surface area contributed by atoms with Crippen LogP contribution in [0, 0.1) is 18.3 Å². The van der Waals surface area contributed by atoms with Crippen molar-refractivity contribution in [2.24, 2.45) is 0 Å². The van der Waals surface area contributed by atoms with E-state index in [4.69, 9.17) is 9.68 Å². The number of hydrogen-bond acceptors (Lipinski definition) is 4. The maximum absolute atomic E-state index is 13.1. The largest absolute Gasteiger partial charge is 0.441 e. The second-order valence-electron chi connectivity index (χ2n) is 6.74. The molecule has 0 fully saturated rings. The molecule has 5 nitrogen and oxygen atoms in total. The summed E-state index contributed by atoms with van der Waals surface area (Å²) in [5.74, 6) is -0.0226. The Morgan fingerprint density at radius 3 is 2.40 bits per heavy atom. The summed E-state index contributed by atoms with van der Waals surface area (Å²) in [4.78, 5) is 17.7. The first-order chi connectivity index (χ1) is 14.2. The van der Waals surface area contributed by atoms with Gasteiger partial charge >= 0.3 is 6.18 Å². The van der Waals surface area contributed by atoms with E-state index in [1.54, 1.807) is 19.1 Å². The standard InChI is InChI=1S/C22H18F3N3O2/c1-15-19(27-21(30-15)18-5-3-2-4-6-18)11-20(29)28(14-22(23,24)25)13-17-9-7-16(12-26)8-10-17/h2-10H,11,13-14H2,1H3. The van der Waals surface area contributed by atoms with E-state index in [1.807, 2.05) is 24.3 Å². The van der Waals surface area contributed by atoms with Crippen LogP contribution in [0.5, 0.6) is 0 Å². The summed E-state index contributed by atoms with van der Waals surface area (Å²) < 4.78 is 44.8. The van der Waals surface area contributed by atoms with Crippen LogP contribution < -0.4 is 0 Å². The molecule has 8 heteroatoms. The van der Waals surface area contributed by atoms with Crippen molar-refractivity contribution in [2.75, 3.05) is 6.54 Å². The third kappa shape index (κ3) is 5.47. The van der Waals surface area contributed by atoms with Crippen LogP contribution >= 0.6 is 0 Å². The average molecular weight is 413 g/mol. The normalized spacial score (nSPS) is 11.2. The van der Waals surface area contributed by atoms with Crippen molar-refractivity contribution in [3.63, 3.8) is 0 Å². The van der Waals surface area contributed by atoms with Gasteiger partial charge in [0.15, 0.2) is 0 Å². The highest BCUT2D eigenvalue weighted by Crippen LogP contribution is 2.23. The number of nitrogens with zero attached hydrogens (tertiary/aromatic N) is 3. The van der Waals surface area contributed by atoms with Crippen molar-refractivity contribution >= 4 is 5.91 Å². The maximum atomic E-state index is 13.1. The first-order valence-corrected chi connectivity index (χ1v) is 9.10. The second-order valence-corrected chi connectivity index (χ2v) is 6.74. The number of carbonyl (C=O) groups excluding carboxylic acids is 1. The van der Waals surface area contributed by atoms with Gasteiger partial charge in [0.25, 0.3) is 0 Å². The highest BCUT2D eigenvalue weighted by Gasteiger charge is 2.33. The summed E-state index contributed by atoms with van der Waals surface area (Å²) in [6, 6.07) is 17.0. The van der Waals surface area contributed by atoms with E-state index >= 15 is 0 Å². The molecular weight excluding hydrogens is 395 g/mol. The molecule has 0 radical (unpaired) electrons. The number of aromatic nitrogens is 1. The van der Waals surface area contributed by atoms with Gasteiger partial charge in [0.05, 0.1) is 23.7 Å². The predicted molar refractivity (Wildman–Crippen MR) is 103 cm³/mol. The van der Waals surface area contributed by atoms with E-state index in [2.05, 4.69) is 4.98 Å². The van der Waals surface area contributed by atoms with Gasteiger partial charge in [-0.15, -0.1) is 0 Å². The fraction of sp³-hybridized carbons (Fsp3) is 0.227. The highest BCUT2D eigenvalue weighted by molar-refractivity contribution is 5.78. The summed E-state index contributed by atoms with van der Waals surface area (Å²) in [5.41, 5.74) is 1.89. The third-order valence-electron chi connectivity index (χ3n) is 4.41. The Morgan fingerprint density at radius 2 is 1.80 bits per heavy atom. The van der Waals surface area contributed by atoms with Crippen LogP contribution in [0.15, 0.2) is 59.0 Å². The van der Waals surface area contributed by atoms with Crippen LogP contribution in [-0.4, -0.2) is 28.5 Å². The topological polar surface area (TPSA) is 70.1 Å². The molecule has 30 heavy (non-hydrogen) atoms. The van der Waals surface area contributed by atoms with Gasteiger partial charge < -0.3 is 9.32 Å². The van der Waals surface area contributed by atoms with Gasteiger partial charge in [0, 0.05) is 12.1 Å². The Kier molecular flexibility index (Phi) is 6.21. The van der Waals surface area contributed by atoms with E-state index in [0.29, 0.717) is 34.0 Å². The van der Waals surface area contributed by atoms with Crippen molar-refractivity contribution in [1.29, 1.82) is 5.26 Å². The zero-order valence-corrected chi connectivity index (χ0v) is 16.1. The lowest BCUT2D eigenvalue weighted by Gasteiger charge is -2.24. The van der Waals surface area contributed by atoms with Crippen LogP contribution in [0.3, 0.4) is 0 Å². The van der Waals surface area contributed by atoms with E-state index in [-0.39, 0.29) is 13.0 Å². The Bertz CT molecular complexity index is 1050. The summed E-state index contributed by atoms with van der Waals surface area (Å²) in [5, 5.41) is 8.85. The van der Waals surface area contributed by atoms with E-state index in [9.17, 15) is 18.0 Å². The lowest BCUT2D eigenvalue weighted by atomic mass is 10.1. The zero-order valence-electron chi connectivity index (χ0n) is 16.1. The highest BCUT2D eigenvalue weighted by atomic mass is 19.4. The lowest BCUT2D eigenvalue weighted by molar-refractivity contribution is -0.162. The average Bonchev–Trinajstić information content (AvgIpc) is 3.08. The van der Waals surface area contributed by atoms with Crippen molar-refractivity contribution in [3.05, 3.63) is 77.2 Å². The minimum atomic E-state index is -4.55. The molecule has 0 N–H and O–H groups in total. The number of carbonyl (C=O) groups is 1. The quantitative estimate of drug-likeness (QED) is 0.590. The smallest absolute Gasteiger partial charge is 0.406 e. The molecule has 1 amide bonds. The fourth-order valence-electron chi connectivity index (χ4n) is 2.91.